The molecule has 1 aliphatic heterocycles. The number of para-hydroxylation sites is 1. The van der Waals surface area contributed by atoms with E-state index in [1.165, 1.54) is 0 Å². The van der Waals surface area contributed by atoms with Gasteiger partial charge in [0.25, 0.3) is 0 Å². The van der Waals surface area contributed by atoms with Gasteiger partial charge in [0.1, 0.15) is 5.82 Å². The molecule has 0 amide bonds. The number of rotatable bonds is 4. The Morgan fingerprint density at radius 1 is 1.12 bits per heavy atom. The Labute approximate surface area is 144 Å². The van der Waals surface area contributed by atoms with E-state index in [4.69, 9.17) is 9.97 Å². The van der Waals surface area contributed by atoms with Crippen molar-refractivity contribution >= 4 is 28.1 Å². The number of nitrogens with zero attached hydrogens (tertiary/aromatic N) is 2. The summed E-state index contributed by atoms with van der Waals surface area (Å²) in [4.78, 5) is 10.5. The molecule has 3 aromatic rings. The van der Waals surface area contributed by atoms with Gasteiger partial charge in [0.15, 0.2) is 5.82 Å². The van der Waals surface area contributed by atoms with Crippen LogP contribution in [0.25, 0.3) is 21.6 Å². The van der Waals surface area contributed by atoms with Crippen molar-refractivity contribution in [2.75, 3.05) is 25.0 Å². The molecular formula is C18H20N4OS. The topological polar surface area (TPSA) is 70.1 Å². The van der Waals surface area contributed by atoms with Crippen LogP contribution in [-0.2, 0) is 0 Å². The first-order valence-corrected chi connectivity index (χ1v) is 9.08. The molecule has 0 saturated carbocycles. The highest BCUT2D eigenvalue weighted by molar-refractivity contribution is 7.13. The highest BCUT2D eigenvalue weighted by atomic mass is 32.1. The zero-order valence-corrected chi connectivity index (χ0v) is 14.1. The summed E-state index contributed by atoms with van der Waals surface area (Å²) in [5, 5.41) is 19.9. The lowest BCUT2D eigenvalue weighted by Crippen LogP contribution is -2.50. The summed E-state index contributed by atoms with van der Waals surface area (Å²) >= 11 is 1.63. The number of benzene rings is 1. The molecule has 0 atom stereocenters. The molecule has 4 rings (SSSR count). The molecule has 1 aromatic carbocycles. The van der Waals surface area contributed by atoms with Gasteiger partial charge in [-0.05, 0) is 49.5 Å². The summed E-state index contributed by atoms with van der Waals surface area (Å²) in [5.41, 5.74) is 0.593. The normalized spacial score (nSPS) is 17.0. The molecule has 0 unspecified atom stereocenters. The largest absolute Gasteiger partial charge is 0.394 e. The molecule has 0 aliphatic carbocycles. The molecule has 24 heavy (non-hydrogen) atoms. The molecule has 1 aliphatic rings. The zero-order valence-electron chi connectivity index (χ0n) is 13.3. The first-order valence-electron chi connectivity index (χ1n) is 8.20. The van der Waals surface area contributed by atoms with E-state index in [0.29, 0.717) is 0 Å². The quantitative estimate of drug-likeness (QED) is 0.681. The second-order valence-electron chi connectivity index (χ2n) is 6.20. The number of aromatic nitrogens is 2. The van der Waals surface area contributed by atoms with Crippen molar-refractivity contribution < 1.29 is 5.11 Å². The van der Waals surface area contributed by atoms with Gasteiger partial charge in [-0.3, -0.25) is 0 Å². The van der Waals surface area contributed by atoms with Crippen LogP contribution in [0.15, 0.2) is 41.8 Å². The molecule has 3 heterocycles. The molecule has 1 fully saturated rings. The Hall–Kier alpha value is -2.02. The lowest BCUT2D eigenvalue weighted by Gasteiger charge is -2.37. The molecule has 0 bridgehead atoms. The van der Waals surface area contributed by atoms with Crippen LogP contribution in [-0.4, -0.2) is 40.3 Å². The Morgan fingerprint density at radius 3 is 2.71 bits per heavy atom. The Kier molecular flexibility index (Phi) is 4.18. The minimum atomic E-state index is -0.324. The number of nitrogens with one attached hydrogen (secondary N) is 2. The van der Waals surface area contributed by atoms with Crippen LogP contribution in [0, 0.1) is 0 Å². The van der Waals surface area contributed by atoms with Crippen LogP contribution >= 0.6 is 11.3 Å². The summed E-state index contributed by atoms with van der Waals surface area (Å²) in [6.07, 6.45) is 1.74. The Bertz CT molecular complexity index is 828. The van der Waals surface area contributed by atoms with Crippen LogP contribution in [0.4, 0.5) is 5.82 Å². The van der Waals surface area contributed by atoms with Crippen molar-refractivity contribution in [3.8, 4) is 10.7 Å². The highest BCUT2D eigenvalue weighted by Crippen LogP contribution is 2.31. The number of aliphatic hydroxyl groups is 1. The van der Waals surface area contributed by atoms with Crippen LogP contribution in [0.3, 0.4) is 0 Å². The molecule has 3 N–H and O–H groups in total. The van der Waals surface area contributed by atoms with Crippen molar-refractivity contribution in [2.45, 2.75) is 18.4 Å². The van der Waals surface area contributed by atoms with Gasteiger partial charge >= 0.3 is 0 Å². The lowest BCUT2D eigenvalue weighted by atomic mass is 9.89. The first kappa shape index (κ1) is 15.5. The van der Waals surface area contributed by atoms with E-state index in [0.717, 1.165) is 53.4 Å². The van der Waals surface area contributed by atoms with Crippen molar-refractivity contribution in [3.63, 3.8) is 0 Å². The standard InChI is InChI=1S/C18H20N4OS/c23-12-18(7-9-19-10-8-18)22-16-13-4-1-2-5-14(13)20-17(21-16)15-6-3-11-24-15/h1-6,11,19,23H,7-10,12H2,(H,20,21,22). The predicted octanol–water partition coefficient (Wildman–Crippen LogP) is 2.88. The van der Waals surface area contributed by atoms with E-state index in [9.17, 15) is 5.11 Å². The molecule has 6 heteroatoms. The van der Waals surface area contributed by atoms with E-state index in [2.05, 4.69) is 10.6 Å². The SMILES string of the molecule is OCC1(Nc2nc(-c3cccs3)nc3ccccc23)CCNCC1. The van der Waals surface area contributed by atoms with E-state index >= 15 is 0 Å². The number of fused-ring (bicyclic) bond motifs is 1. The third-order valence-electron chi connectivity index (χ3n) is 4.59. The van der Waals surface area contributed by atoms with Crippen molar-refractivity contribution in [2.24, 2.45) is 0 Å². The zero-order chi connectivity index (χ0) is 16.4. The molecular weight excluding hydrogens is 320 g/mol. The number of hydrogen-bond acceptors (Lipinski definition) is 6. The lowest BCUT2D eigenvalue weighted by molar-refractivity contribution is 0.178. The maximum absolute atomic E-state index is 10.00. The van der Waals surface area contributed by atoms with Crippen molar-refractivity contribution in [1.82, 2.24) is 15.3 Å². The van der Waals surface area contributed by atoms with Gasteiger partial charge in [-0.25, -0.2) is 9.97 Å². The molecule has 5 nitrogen and oxygen atoms in total. The van der Waals surface area contributed by atoms with Crippen LogP contribution < -0.4 is 10.6 Å². The van der Waals surface area contributed by atoms with Gasteiger partial charge in [-0.15, -0.1) is 11.3 Å². The number of piperidine rings is 1. The van der Waals surface area contributed by atoms with E-state index < -0.39 is 0 Å². The summed E-state index contributed by atoms with van der Waals surface area (Å²) < 4.78 is 0. The van der Waals surface area contributed by atoms with Gasteiger partial charge in [0.05, 0.1) is 22.5 Å². The summed E-state index contributed by atoms with van der Waals surface area (Å²) in [5.74, 6) is 1.54. The maximum atomic E-state index is 10.00. The third kappa shape index (κ3) is 2.88. The highest BCUT2D eigenvalue weighted by Gasteiger charge is 2.32. The Morgan fingerprint density at radius 2 is 1.96 bits per heavy atom. The smallest absolute Gasteiger partial charge is 0.172 e. The second kappa shape index (κ2) is 6.47. The molecule has 1 saturated heterocycles. The number of hydrogen-bond donors (Lipinski definition) is 3. The van der Waals surface area contributed by atoms with E-state index in [1.54, 1.807) is 11.3 Å². The monoisotopic (exact) mass is 340 g/mol. The van der Waals surface area contributed by atoms with Gasteiger partial charge in [-0.2, -0.15) is 0 Å². The fraction of sp³-hybridized carbons (Fsp3) is 0.333. The van der Waals surface area contributed by atoms with Crippen molar-refractivity contribution in [1.29, 1.82) is 0 Å². The number of thiophene rings is 1. The minimum absolute atomic E-state index is 0.0986. The van der Waals surface area contributed by atoms with Crippen LogP contribution in [0.1, 0.15) is 12.8 Å². The van der Waals surface area contributed by atoms with Crippen molar-refractivity contribution in [3.05, 3.63) is 41.8 Å². The molecule has 2 aromatic heterocycles. The second-order valence-corrected chi connectivity index (χ2v) is 7.15. The average molecular weight is 340 g/mol. The summed E-state index contributed by atoms with van der Waals surface area (Å²) in [7, 11) is 0. The van der Waals surface area contributed by atoms with Crippen LogP contribution in [0.5, 0.6) is 0 Å². The van der Waals surface area contributed by atoms with Gasteiger partial charge < -0.3 is 15.7 Å². The minimum Gasteiger partial charge on any atom is -0.394 e. The molecule has 0 radical (unpaired) electrons. The van der Waals surface area contributed by atoms with E-state index in [1.807, 2.05) is 41.8 Å². The van der Waals surface area contributed by atoms with Gasteiger partial charge in [0.2, 0.25) is 0 Å². The summed E-state index contributed by atoms with van der Waals surface area (Å²) in [6, 6.07) is 12.1. The van der Waals surface area contributed by atoms with Gasteiger partial charge in [-0.1, -0.05) is 18.2 Å². The predicted molar refractivity (Wildman–Crippen MR) is 98.4 cm³/mol. The molecule has 0 spiro atoms. The Balaban J connectivity index is 1.81. The fourth-order valence-corrected chi connectivity index (χ4v) is 3.82. The first-order chi connectivity index (χ1) is 11.8. The number of anilines is 1. The maximum Gasteiger partial charge on any atom is 0.172 e. The van der Waals surface area contributed by atoms with Gasteiger partial charge in [0, 0.05) is 5.39 Å². The third-order valence-corrected chi connectivity index (χ3v) is 5.46. The fourth-order valence-electron chi connectivity index (χ4n) is 3.17. The number of aliphatic hydroxyl groups excluding tert-OH is 1. The van der Waals surface area contributed by atoms with E-state index in [-0.39, 0.29) is 12.1 Å². The summed E-state index contributed by atoms with van der Waals surface area (Å²) in [6.45, 7) is 1.89. The average Bonchev–Trinajstić information content (AvgIpc) is 3.17. The molecule has 124 valence electrons. The van der Waals surface area contributed by atoms with Crippen LogP contribution in [0.2, 0.25) is 0 Å².